The molecule has 0 bridgehead atoms. The lowest BCUT2D eigenvalue weighted by molar-refractivity contribution is -0.387. The van der Waals surface area contributed by atoms with Gasteiger partial charge in [0.2, 0.25) is 5.82 Å². The maximum Gasteiger partial charge on any atom is 0.304 e. The van der Waals surface area contributed by atoms with Gasteiger partial charge in [0.15, 0.2) is 0 Å². The fraction of sp³-hybridized carbons (Fsp3) is 0.538. The van der Waals surface area contributed by atoms with Gasteiger partial charge in [-0.2, -0.15) is 4.39 Å². The number of hydrogen-bond donors (Lipinski definition) is 1. The highest BCUT2D eigenvalue weighted by molar-refractivity contribution is 5.34. The fourth-order valence-corrected chi connectivity index (χ4v) is 2.04. The molecule has 1 fully saturated rings. The highest BCUT2D eigenvalue weighted by atomic mass is 19.1. The molecule has 0 aliphatic heterocycles. The third kappa shape index (κ3) is 3.50. The van der Waals surface area contributed by atoms with Crippen LogP contribution in [0, 0.1) is 21.8 Å². The van der Waals surface area contributed by atoms with Gasteiger partial charge in [0, 0.05) is 18.7 Å². The van der Waals surface area contributed by atoms with Gasteiger partial charge in [-0.15, -0.1) is 0 Å². The predicted octanol–water partition coefficient (Wildman–Crippen LogP) is 3.01. The van der Waals surface area contributed by atoms with Crippen molar-refractivity contribution in [3.63, 3.8) is 0 Å². The molecule has 1 aromatic carbocycles. The predicted molar refractivity (Wildman–Crippen MR) is 66.7 cm³/mol. The van der Waals surface area contributed by atoms with Gasteiger partial charge in [-0.25, -0.2) is 0 Å². The average Bonchev–Trinajstić information content (AvgIpc) is 3.10. The van der Waals surface area contributed by atoms with Gasteiger partial charge >= 0.3 is 5.69 Å². The van der Waals surface area contributed by atoms with E-state index in [-0.39, 0.29) is 0 Å². The van der Waals surface area contributed by atoms with E-state index in [1.54, 1.807) is 6.07 Å². The van der Waals surface area contributed by atoms with Crippen LogP contribution in [0.5, 0.6) is 0 Å². The van der Waals surface area contributed by atoms with E-state index < -0.39 is 16.4 Å². The number of nitro groups is 1. The van der Waals surface area contributed by atoms with Gasteiger partial charge in [0.25, 0.3) is 0 Å². The Morgan fingerprint density at radius 2 is 2.28 bits per heavy atom. The summed E-state index contributed by atoms with van der Waals surface area (Å²) in [4.78, 5) is 9.77. The van der Waals surface area contributed by atoms with Crippen LogP contribution in [0.15, 0.2) is 18.2 Å². The van der Waals surface area contributed by atoms with Crippen LogP contribution >= 0.6 is 0 Å². The standard InChI is InChI=1S/C13H17FN2O2/c1-9(6-10-2-3-10)15-8-11-4-5-13(16(17)18)12(14)7-11/h4-5,7,9-10,15H,2-3,6,8H2,1H3. The van der Waals surface area contributed by atoms with E-state index >= 15 is 0 Å². The Morgan fingerprint density at radius 1 is 1.56 bits per heavy atom. The zero-order valence-corrected chi connectivity index (χ0v) is 10.4. The molecule has 0 heterocycles. The molecule has 1 N–H and O–H groups in total. The third-order valence-corrected chi connectivity index (χ3v) is 3.25. The first kappa shape index (κ1) is 13.0. The smallest absolute Gasteiger partial charge is 0.304 e. The van der Waals surface area contributed by atoms with Gasteiger partial charge in [0.05, 0.1) is 4.92 Å². The zero-order chi connectivity index (χ0) is 13.1. The molecule has 1 aliphatic rings. The van der Waals surface area contributed by atoms with Crippen molar-refractivity contribution in [2.75, 3.05) is 0 Å². The van der Waals surface area contributed by atoms with E-state index in [4.69, 9.17) is 0 Å². The molecular weight excluding hydrogens is 235 g/mol. The normalized spacial score (nSPS) is 16.6. The number of nitrogens with one attached hydrogen (secondary N) is 1. The van der Waals surface area contributed by atoms with Crippen LogP contribution in [-0.4, -0.2) is 11.0 Å². The number of rotatable bonds is 6. The summed E-state index contributed by atoms with van der Waals surface area (Å²) in [6.07, 6.45) is 3.78. The van der Waals surface area contributed by atoms with Crippen LogP contribution in [0.2, 0.25) is 0 Å². The summed E-state index contributed by atoms with van der Waals surface area (Å²) in [5.41, 5.74) is 0.269. The van der Waals surface area contributed by atoms with Gasteiger partial charge < -0.3 is 5.32 Å². The largest absolute Gasteiger partial charge is 0.310 e. The van der Waals surface area contributed by atoms with Crippen molar-refractivity contribution in [3.8, 4) is 0 Å². The molecule has 18 heavy (non-hydrogen) atoms. The molecule has 1 aromatic rings. The molecule has 0 radical (unpaired) electrons. The minimum Gasteiger partial charge on any atom is -0.310 e. The van der Waals surface area contributed by atoms with Gasteiger partial charge in [0.1, 0.15) is 0 Å². The Morgan fingerprint density at radius 3 is 2.83 bits per heavy atom. The molecule has 0 aromatic heterocycles. The number of benzene rings is 1. The first-order valence-electron chi connectivity index (χ1n) is 6.22. The molecule has 2 rings (SSSR count). The molecule has 1 atom stereocenters. The van der Waals surface area contributed by atoms with Crippen molar-refractivity contribution in [1.82, 2.24) is 5.32 Å². The summed E-state index contributed by atoms with van der Waals surface area (Å²) in [6, 6.07) is 4.45. The van der Waals surface area contributed by atoms with Gasteiger partial charge in [-0.3, -0.25) is 10.1 Å². The first-order valence-corrected chi connectivity index (χ1v) is 6.22. The second-order valence-electron chi connectivity index (χ2n) is 5.00. The SMILES string of the molecule is CC(CC1CC1)NCc1ccc([N+](=O)[O-])c(F)c1. The minimum absolute atomic E-state index is 0.399. The van der Waals surface area contributed by atoms with E-state index in [0.29, 0.717) is 12.6 Å². The topological polar surface area (TPSA) is 55.2 Å². The van der Waals surface area contributed by atoms with Gasteiger partial charge in [-0.05, 0) is 30.9 Å². The van der Waals surface area contributed by atoms with Crippen LogP contribution in [-0.2, 0) is 6.54 Å². The molecule has 0 amide bonds. The Bertz CT molecular complexity index is 447. The summed E-state index contributed by atoms with van der Waals surface area (Å²) in [5.74, 6) is 0.0789. The number of halogens is 1. The molecule has 4 nitrogen and oxygen atoms in total. The van der Waals surface area contributed by atoms with Crippen molar-refractivity contribution >= 4 is 5.69 Å². The van der Waals surface area contributed by atoms with Crippen LogP contribution in [0.1, 0.15) is 31.7 Å². The van der Waals surface area contributed by atoms with Crippen LogP contribution < -0.4 is 5.32 Å². The zero-order valence-electron chi connectivity index (χ0n) is 10.4. The average molecular weight is 252 g/mol. The van der Waals surface area contributed by atoms with E-state index in [9.17, 15) is 14.5 Å². The first-order chi connectivity index (χ1) is 8.56. The van der Waals surface area contributed by atoms with Crippen molar-refractivity contribution in [2.24, 2.45) is 5.92 Å². The molecular formula is C13H17FN2O2. The monoisotopic (exact) mass is 252 g/mol. The maximum atomic E-state index is 13.4. The van der Waals surface area contributed by atoms with Crippen molar-refractivity contribution in [3.05, 3.63) is 39.7 Å². The summed E-state index contributed by atoms with van der Waals surface area (Å²) in [7, 11) is 0. The second-order valence-corrected chi connectivity index (χ2v) is 5.00. The molecule has 0 saturated heterocycles. The van der Waals surface area contributed by atoms with Gasteiger partial charge in [-0.1, -0.05) is 18.9 Å². The number of nitrogens with zero attached hydrogens (tertiary/aromatic N) is 1. The van der Waals surface area contributed by atoms with Crippen molar-refractivity contribution in [2.45, 2.75) is 38.8 Å². The number of nitro benzene ring substituents is 1. The summed E-state index contributed by atoms with van der Waals surface area (Å²) in [5, 5.41) is 13.8. The summed E-state index contributed by atoms with van der Waals surface area (Å²) in [6.45, 7) is 2.66. The summed E-state index contributed by atoms with van der Waals surface area (Å²) >= 11 is 0. The van der Waals surface area contributed by atoms with Crippen LogP contribution in [0.3, 0.4) is 0 Å². The van der Waals surface area contributed by atoms with Crippen molar-refractivity contribution in [1.29, 1.82) is 0 Å². The third-order valence-electron chi connectivity index (χ3n) is 3.25. The van der Waals surface area contributed by atoms with E-state index in [2.05, 4.69) is 12.2 Å². The lowest BCUT2D eigenvalue weighted by atomic mass is 10.1. The maximum absolute atomic E-state index is 13.4. The minimum atomic E-state index is -0.769. The van der Waals surface area contributed by atoms with Crippen molar-refractivity contribution < 1.29 is 9.31 Å². The summed E-state index contributed by atoms with van der Waals surface area (Å²) < 4.78 is 13.4. The Hall–Kier alpha value is -1.49. The Kier molecular flexibility index (Phi) is 3.91. The lowest BCUT2D eigenvalue weighted by Crippen LogP contribution is -2.25. The quantitative estimate of drug-likeness (QED) is 0.625. The molecule has 1 saturated carbocycles. The lowest BCUT2D eigenvalue weighted by Gasteiger charge is -2.13. The van der Waals surface area contributed by atoms with Crippen LogP contribution in [0.25, 0.3) is 0 Å². The molecule has 0 spiro atoms. The van der Waals surface area contributed by atoms with E-state index in [1.807, 2.05) is 0 Å². The molecule has 1 unspecified atom stereocenters. The molecule has 98 valence electrons. The van der Waals surface area contributed by atoms with E-state index in [1.165, 1.54) is 25.0 Å². The second kappa shape index (κ2) is 5.44. The Labute approximate surface area is 105 Å². The Balaban J connectivity index is 1.88. The molecule has 1 aliphatic carbocycles. The molecule has 5 heteroatoms. The fourth-order valence-electron chi connectivity index (χ4n) is 2.04. The number of hydrogen-bond acceptors (Lipinski definition) is 3. The van der Waals surface area contributed by atoms with E-state index in [0.717, 1.165) is 17.9 Å². The highest BCUT2D eigenvalue weighted by Gasteiger charge is 2.23. The van der Waals surface area contributed by atoms with Crippen LogP contribution in [0.4, 0.5) is 10.1 Å². The highest BCUT2D eigenvalue weighted by Crippen LogP contribution is 2.33.